The molecule has 1 unspecified atom stereocenters. The molecule has 0 aliphatic rings. The molecule has 0 spiro atoms. The Kier molecular flexibility index (Phi) is 5.98. The van der Waals surface area contributed by atoms with Crippen LogP contribution >= 0.6 is 46.4 Å². The van der Waals surface area contributed by atoms with Crippen LogP contribution in [0.25, 0.3) is 0 Å². The van der Waals surface area contributed by atoms with Crippen molar-refractivity contribution in [3.8, 4) is 11.5 Å². The summed E-state index contributed by atoms with van der Waals surface area (Å²) in [5.41, 5.74) is -0.256. The first-order chi connectivity index (χ1) is 13.5. The molecule has 0 aliphatic carbocycles. The molecule has 5 nitrogen and oxygen atoms in total. The van der Waals surface area contributed by atoms with Gasteiger partial charge in [-0.1, -0.05) is 76.7 Å². The van der Waals surface area contributed by atoms with Gasteiger partial charge in [-0.3, -0.25) is 4.55 Å². The van der Waals surface area contributed by atoms with Crippen LogP contribution in [-0.2, 0) is 14.9 Å². The summed E-state index contributed by atoms with van der Waals surface area (Å²) in [5, 5.41) is 18.9. The Bertz CT molecular complexity index is 1210. The van der Waals surface area contributed by atoms with Crippen LogP contribution in [0.3, 0.4) is 0 Å². The fraction of sp³-hybridized carbons (Fsp3) is 0.0526. The predicted octanol–water partition coefficient (Wildman–Crippen LogP) is 5.89. The zero-order valence-electron chi connectivity index (χ0n) is 14.3. The van der Waals surface area contributed by atoms with E-state index < -0.39 is 14.9 Å². The van der Waals surface area contributed by atoms with E-state index in [-0.39, 0.29) is 48.3 Å². The lowest BCUT2D eigenvalue weighted by Crippen LogP contribution is -2.39. The lowest BCUT2D eigenvalue weighted by atomic mass is 9.83. The summed E-state index contributed by atoms with van der Waals surface area (Å²) in [5.74, 6) is -0.679. The summed E-state index contributed by atoms with van der Waals surface area (Å²) in [6.07, 6.45) is 0. The van der Waals surface area contributed by atoms with Crippen LogP contribution in [0.15, 0.2) is 54.6 Å². The predicted molar refractivity (Wildman–Crippen MR) is 114 cm³/mol. The minimum Gasteiger partial charge on any atom is -0.506 e. The van der Waals surface area contributed by atoms with Crippen molar-refractivity contribution in [3.63, 3.8) is 0 Å². The van der Waals surface area contributed by atoms with Crippen molar-refractivity contribution in [2.45, 2.75) is 4.75 Å². The molecule has 0 heterocycles. The summed E-state index contributed by atoms with van der Waals surface area (Å²) in [7, 11) is -5.04. The third-order valence-electron chi connectivity index (χ3n) is 4.44. The van der Waals surface area contributed by atoms with Gasteiger partial charge in [-0.2, -0.15) is 8.42 Å². The molecule has 3 rings (SSSR count). The van der Waals surface area contributed by atoms with Crippen LogP contribution in [0.2, 0.25) is 20.1 Å². The Morgan fingerprint density at radius 2 is 1.34 bits per heavy atom. The van der Waals surface area contributed by atoms with Crippen molar-refractivity contribution >= 4 is 56.5 Å². The lowest BCUT2D eigenvalue weighted by molar-refractivity contribution is 0.456. The van der Waals surface area contributed by atoms with Gasteiger partial charge in [0, 0.05) is 16.1 Å². The second-order valence-corrected chi connectivity index (χ2v) is 9.20. The maximum Gasteiger partial charge on any atom is 0.283 e. The average Bonchev–Trinajstić information content (AvgIpc) is 2.65. The van der Waals surface area contributed by atoms with Gasteiger partial charge in [-0.25, -0.2) is 0 Å². The molecule has 3 aromatic rings. The Morgan fingerprint density at radius 1 is 0.724 bits per heavy atom. The fourth-order valence-electron chi connectivity index (χ4n) is 3.17. The Morgan fingerprint density at radius 3 is 1.93 bits per heavy atom. The quantitative estimate of drug-likeness (QED) is 0.311. The minimum absolute atomic E-state index is 0.00888. The highest BCUT2D eigenvalue weighted by molar-refractivity contribution is 7.87. The van der Waals surface area contributed by atoms with Crippen molar-refractivity contribution in [2.24, 2.45) is 0 Å². The van der Waals surface area contributed by atoms with Crippen molar-refractivity contribution < 1.29 is 23.2 Å². The molecule has 29 heavy (non-hydrogen) atoms. The number of aromatic hydroxyl groups is 2. The Labute approximate surface area is 186 Å². The molecule has 0 aliphatic heterocycles. The van der Waals surface area contributed by atoms with Gasteiger partial charge in [0.1, 0.15) is 16.5 Å². The molecule has 0 radical (unpaired) electrons. The molecule has 0 fully saturated rings. The molecular weight excluding hydrogens is 482 g/mol. The van der Waals surface area contributed by atoms with Gasteiger partial charge in [0.05, 0.1) is 10.0 Å². The number of halogens is 4. The van der Waals surface area contributed by atoms with Gasteiger partial charge in [-0.15, -0.1) is 0 Å². The first-order valence-electron chi connectivity index (χ1n) is 7.90. The summed E-state index contributed by atoms with van der Waals surface area (Å²) >= 11 is 24.7. The molecule has 152 valence electrons. The average molecular weight is 494 g/mol. The minimum atomic E-state index is -5.04. The zero-order chi connectivity index (χ0) is 21.6. The van der Waals surface area contributed by atoms with Crippen LogP contribution in [-0.4, -0.2) is 23.2 Å². The molecule has 0 saturated carbocycles. The summed E-state index contributed by atoms with van der Waals surface area (Å²) in [6.45, 7) is 0. The number of phenolic OH excluding ortho intramolecular Hbond substituents is 2. The van der Waals surface area contributed by atoms with Crippen molar-refractivity contribution in [1.29, 1.82) is 0 Å². The summed E-state index contributed by atoms with van der Waals surface area (Å²) in [4.78, 5) is 0. The number of hydrogen-bond acceptors (Lipinski definition) is 4. The largest absolute Gasteiger partial charge is 0.506 e. The van der Waals surface area contributed by atoms with E-state index in [0.717, 1.165) is 6.07 Å². The Balaban J connectivity index is 2.61. The second kappa shape index (κ2) is 7.87. The van der Waals surface area contributed by atoms with Gasteiger partial charge >= 0.3 is 0 Å². The second-order valence-electron chi connectivity index (χ2n) is 6.06. The molecule has 3 N–H and O–H groups in total. The van der Waals surface area contributed by atoms with Crippen molar-refractivity contribution in [3.05, 3.63) is 91.4 Å². The topological polar surface area (TPSA) is 94.8 Å². The number of rotatable bonds is 4. The van der Waals surface area contributed by atoms with Crippen LogP contribution < -0.4 is 0 Å². The summed E-state index contributed by atoms with van der Waals surface area (Å²) < 4.78 is 34.1. The SMILES string of the molecule is O=S(=O)(O)C(c1ccc(O)c(Cl)c1)(c1ccccc1Cl)c1ccc(O)c(Cl)c1Cl. The molecule has 3 aromatic carbocycles. The molecule has 0 aromatic heterocycles. The first-order valence-corrected chi connectivity index (χ1v) is 10.9. The van der Waals surface area contributed by atoms with E-state index >= 15 is 0 Å². The highest BCUT2D eigenvalue weighted by Gasteiger charge is 2.51. The monoisotopic (exact) mass is 492 g/mol. The standard InChI is InChI=1S/C19H12Cl4O5S/c20-13-4-2-1-3-11(13)19(29(26,27)28,10-5-7-15(24)14(21)9-10)12-6-8-16(25)18(23)17(12)22/h1-9,24-25H,(H,26,27,28). The third kappa shape index (κ3) is 3.54. The first kappa shape index (κ1) is 22.0. The van der Waals surface area contributed by atoms with Crippen LogP contribution in [0, 0.1) is 0 Å². The smallest absolute Gasteiger partial charge is 0.283 e. The van der Waals surface area contributed by atoms with E-state index in [0.29, 0.717) is 0 Å². The van der Waals surface area contributed by atoms with E-state index in [2.05, 4.69) is 0 Å². The normalized spacial score (nSPS) is 13.8. The zero-order valence-corrected chi connectivity index (χ0v) is 18.1. The number of hydrogen-bond donors (Lipinski definition) is 3. The third-order valence-corrected chi connectivity index (χ3v) is 7.39. The molecule has 0 bridgehead atoms. The van der Waals surface area contributed by atoms with Gasteiger partial charge in [-0.05, 0) is 29.8 Å². The van der Waals surface area contributed by atoms with Crippen LogP contribution in [0.5, 0.6) is 11.5 Å². The van der Waals surface area contributed by atoms with Gasteiger partial charge in [0.15, 0.2) is 4.75 Å². The fourth-order valence-corrected chi connectivity index (χ4v) is 5.53. The van der Waals surface area contributed by atoms with E-state index in [1.807, 2.05) is 0 Å². The van der Waals surface area contributed by atoms with Crippen molar-refractivity contribution in [1.82, 2.24) is 0 Å². The van der Waals surface area contributed by atoms with Gasteiger partial charge < -0.3 is 10.2 Å². The molecular formula is C19H12Cl4O5S. The maximum atomic E-state index is 13.0. The molecule has 10 heteroatoms. The van der Waals surface area contributed by atoms with Crippen LogP contribution in [0.1, 0.15) is 16.7 Å². The van der Waals surface area contributed by atoms with Crippen LogP contribution in [0.4, 0.5) is 0 Å². The molecule has 0 saturated heterocycles. The van der Waals surface area contributed by atoms with Crippen molar-refractivity contribution in [2.75, 3.05) is 0 Å². The highest BCUT2D eigenvalue weighted by atomic mass is 35.5. The van der Waals surface area contributed by atoms with E-state index in [9.17, 15) is 23.2 Å². The van der Waals surface area contributed by atoms with E-state index in [1.54, 1.807) is 6.07 Å². The molecule has 1 atom stereocenters. The van der Waals surface area contributed by atoms with E-state index in [4.69, 9.17) is 46.4 Å². The number of phenols is 2. The highest BCUT2D eigenvalue weighted by Crippen LogP contribution is 2.51. The Hall–Kier alpha value is -1.67. The lowest BCUT2D eigenvalue weighted by Gasteiger charge is -2.34. The van der Waals surface area contributed by atoms with E-state index in [1.165, 1.54) is 42.5 Å². The van der Waals surface area contributed by atoms with Gasteiger partial charge in [0.2, 0.25) is 0 Å². The maximum absolute atomic E-state index is 13.0. The number of benzene rings is 3. The van der Waals surface area contributed by atoms with Gasteiger partial charge in [0.25, 0.3) is 10.1 Å². The molecule has 0 amide bonds. The summed E-state index contributed by atoms with van der Waals surface area (Å²) in [6, 6.07) is 11.9.